The summed E-state index contributed by atoms with van der Waals surface area (Å²) in [4.78, 5) is 23.5. The number of carbonyl (C=O) groups excluding carboxylic acids is 2. The van der Waals surface area contributed by atoms with Crippen LogP contribution in [-0.4, -0.2) is 11.9 Å². The Kier molecular flexibility index (Phi) is 29.3. The van der Waals surface area contributed by atoms with Gasteiger partial charge in [-0.1, -0.05) is 129 Å². The fourth-order valence-electron chi connectivity index (χ4n) is 4.38. The average molecular weight is 521 g/mol. The summed E-state index contributed by atoms with van der Waals surface area (Å²) >= 11 is 0. The monoisotopic (exact) mass is 520 g/mol. The van der Waals surface area contributed by atoms with Crippen molar-refractivity contribution in [2.24, 2.45) is 0 Å². The lowest BCUT2D eigenvalue weighted by Crippen LogP contribution is -2.03. The number of ether oxygens (including phenoxy) is 2. The van der Waals surface area contributed by atoms with Crippen LogP contribution in [0.25, 0.3) is 0 Å². The van der Waals surface area contributed by atoms with E-state index >= 15 is 0 Å². The standard InChI is InChI=1S/C33H60O4/c1-3-5-7-9-11-13-15-17-19-21-23-25-30-36-32(34)28-27-29-33(35)37-31-26-24-22-20-18-16-14-12-10-8-6-4-2/h25-26,30-31H,3-24,27-29H2,1-2H3. The number of esters is 2. The maximum Gasteiger partial charge on any atom is 0.310 e. The first kappa shape index (κ1) is 35.4. The third kappa shape index (κ3) is 30.5. The largest absolute Gasteiger partial charge is 0.435 e. The Balaban J connectivity index is 3.42. The molecule has 4 heteroatoms. The van der Waals surface area contributed by atoms with Crippen LogP contribution in [0, 0.1) is 0 Å². The quantitative estimate of drug-likeness (QED) is 0.0584. The van der Waals surface area contributed by atoms with E-state index in [4.69, 9.17) is 9.47 Å². The van der Waals surface area contributed by atoms with Crippen molar-refractivity contribution in [1.82, 2.24) is 0 Å². The van der Waals surface area contributed by atoms with Crippen LogP contribution in [0.1, 0.15) is 174 Å². The number of hydrogen-bond donors (Lipinski definition) is 0. The smallest absolute Gasteiger partial charge is 0.310 e. The van der Waals surface area contributed by atoms with E-state index in [2.05, 4.69) is 13.8 Å². The lowest BCUT2D eigenvalue weighted by Gasteiger charge is -2.02. The summed E-state index contributed by atoms with van der Waals surface area (Å²) in [6.45, 7) is 4.51. The molecule has 0 unspecified atom stereocenters. The highest BCUT2D eigenvalue weighted by atomic mass is 16.5. The van der Waals surface area contributed by atoms with Crippen molar-refractivity contribution in [3.05, 3.63) is 24.7 Å². The average Bonchev–Trinajstić information content (AvgIpc) is 2.89. The highest BCUT2D eigenvalue weighted by Crippen LogP contribution is 2.12. The topological polar surface area (TPSA) is 52.6 Å². The molecule has 0 rings (SSSR count). The van der Waals surface area contributed by atoms with Crippen molar-refractivity contribution in [3.63, 3.8) is 0 Å². The third-order valence-electron chi connectivity index (χ3n) is 6.80. The molecule has 0 spiro atoms. The molecule has 0 radical (unpaired) electrons. The molecule has 216 valence electrons. The van der Waals surface area contributed by atoms with Crippen molar-refractivity contribution in [2.75, 3.05) is 0 Å². The van der Waals surface area contributed by atoms with Crippen LogP contribution in [0.2, 0.25) is 0 Å². The summed E-state index contributed by atoms with van der Waals surface area (Å²) in [6.07, 6.45) is 36.1. The summed E-state index contributed by atoms with van der Waals surface area (Å²) in [6, 6.07) is 0. The van der Waals surface area contributed by atoms with E-state index in [0.717, 1.165) is 25.7 Å². The van der Waals surface area contributed by atoms with Crippen LogP contribution >= 0.6 is 0 Å². The predicted octanol–water partition coefficient (Wildman–Crippen LogP) is 10.9. The van der Waals surface area contributed by atoms with Gasteiger partial charge >= 0.3 is 11.9 Å². The molecule has 0 N–H and O–H groups in total. The molecule has 0 aliphatic heterocycles. The van der Waals surface area contributed by atoms with Crippen LogP contribution < -0.4 is 0 Å². The van der Waals surface area contributed by atoms with E-state index in [9.17, 15) is 9.59 Å². The molecular weight excluding hydrogens is 460 g/mol. The molecular formula is C33H60O4. The Morgan fingerprint density at radius 2 is 0.730 bits per heavy atom. The van der Waals surface area contributed by atoms with Crippen LogP contribution in [0.15, 0.2) is 24.7 Å². The zero-order chi connectivity index (χ0) is 27.1. The van der Waals surface area contributed by atoms with Crippen molar-refractivity contribution in [3.8, 4) is 0 Å². The van der Waals surface area contributed by atoms with Crippen LogP contribution in [-0.2, 0) is 19.1 Å². The summed E-state index contributed by atoms with van der Waals surface area (Å²) in [7, 11) is 0. The van der Waals surface area contributed by atoms with Gasteiger partial charge in [-0.3, -0.25) is 9.59 Å². The van der Waals surface area contributed by atoms with Gasteiger partial charge in [0.15, 0.2) is 0 Å². The van der Waals surface area contributed by atoms with E-state index in [1.807, 2.05) is 12.2 Å². The van der Waals surface area contributed by atoms with E-state index in [1.54, 1.807) is 0 Å². The Morgan fingerprint density at radius 1 is 0.432 bits per heavy atom. The number of unbranched alkanes of at least 4 members (excludes halogenated alkanes) is 20. The lowest BCUT2D eigenvalue weighted by atomic mass is 10.1. The number of carbonyl (C=O) groups is 2. The summed E-state index contributed by atoms with van der Waals surface area (Å²) < 4.78 is 10.2. The highest BCUT2D eigenvalue weighted by molar-refractivity contribution is 5.73. The Bertz CT molecular complexity index is 505. The van der Waals surface area contributed by atoms with Gasteiger partial charge < -0.3 is 9.47 Å². The summed E-state index contributed by atoms with van der Waals surface area (Å²) in [5.74, 6) is -0.577. The predicted molar refractivity (Wildman–Crippen MR) is 157 cm³/mol. The van der Waals surface area contributed by atoms with E-state index in [1.165, 1.54) is 128 Å². The molecule has 4 nitrogen and oxygen atoms in total. The first-order valence-corrected chi connectivity index (χ1v) is 15.9. The van der Waals surface area contributed by atoms with Gasteiger partial charge in [0.2, 0.25) is 0 Å². The fraction of sp³-hybridized carbons (Fsp3) is 0.818. The lowest BCUT2D eigenvalue weighted by molar-refractivity contribution is -0.139. The van der Waals surface area contributed by atoms with Gasteiger partial charge in [-0.05, 0) is 44.3 Å². The normalized spacial score (nSPS) is 11.5. The number of allylic oxidation sites excluding steroid dienone is 2. The molecule has 0 aliphatic rings. The van der Waals surface area contributed by atoms with Crippen LogP contribution in [0.5, 0.6) is 0 Å². The van der Waals surface area contributed by atoms with Gasteiger partial charge in [-0.2, -0.15) is 0 Å². The molecule has 0 bridgehead atoms. The molecule has 0 aromatic carbocycles. The molecule has 0 aromatic rings. The molecule has 0 fully saturated rings. The minimum absolute atomic E-state index is 0.236. The number of rotatable bonds is 28. The third-order valence-corrected chi connectivity index (χ3v) is 6.80. The molecule has 0 heterocycles. The van der Waals surface area contributed by atoms with E-state index < -0.39 is 0 Å². The zero-order valence-corrected chi connectivity index (χ0v) is 24.6. The molecule has 37 heavy (non-hydrogen) atoms. The minimum atomic E-state index is -0.288. The Morgan fingerprint density at radius 3 is 1.05 bits per heavy atom. The highest BCUT2D eigenvalue weighted by Gasteiger charge is 2.05. The van der Waals surface area contributed by atoms with Crippen molar-refractivity contribution in [1.29, 1.82) is 0 Å². The van der Waals surface area contributed by atoms with Gasteiger partial charge in [-0.15, -0.1) is 0 Å². The van der Waals surface area contributed by atoms with Gasteiger partial charge in [-0.25, -0.2) is 0 Å². The molecule has 0 amide bonds. The molecule has 0 aliphatic carbocycles. The first-order valence-electron chi connectivity index (χ1n) is 15.9. The Hall–Kier alpha value is -1.58. The first-order chi connectivity index (χ1) is 18.2. The van der Waals surface area contributed by atoms with Gasteiger partial charge in [0.25, 0.3) is 0 Å². The van der Waals surface area contributed by atoms with Crippen LogP contribution in [0.4, 0.5) is 0 Å². The van der Waals surface area contributed by atoms with Crippen LogP contribution in [0.3, 0.4) is 0 Å². The second-order valence-corrected chi connectivity index (χ2v) is 10.5. The van der Waals surface area contributed by atoms with Gasteiger partial charge in [0.05, 0.1) is 12.5 Å². The Labute approximate surface area is 230 Å². The summed E-state index contributed by atoms with van der Waals surface area (Å²) in [5, 5.41) is 0. The van der Waals surface area contributed by atoms with E-state index in [0.29, 0.717) is 6.42 Å². The van der Waals surface area contributed by atoms with Crippen molar-refractivity contribution >= 4 is 11.9 Å². The summed E-state index contributed by atoms with van der Waals surface area (Å²) in [5.41, 5.74) is 0. The minimum Gasteiger partial charge on any atom is -0.435 e. The van der Waals surface area contributed by atoms with Gasteiger partial charge in [0, 0.05) is 12.8 Å². The molecule has 0 aromatic heterocycles. The number of hydrogen-bond acceptors (Lipinski definition) is 4. The second-order valence-electron chi connectivity index (χ2n) is 10.5. The molecule has 0 atom stereocenters. The maximum atomic E-state index is 11.8. The van der Waals surface area contributed by atoms with Gasteiger partial charge in [0.1, 0.15) is 0 Å². The molecule has 0 saturated carbocycles. The van der Waals surface area contributed by atoms with Crippen molar-refractivity contribution in [2.45, 2.75) is 174 Å². The second kappa shape index (κ2) is 30.6. The zero-order valence-electron chi connectivity index (χ0n) is 24.6. The fourth-order valence-corrected chi connectivity index (χ4v) is 4.38. The van der Waals surface area contributed by atoms with Crippen molar-refractivity contribution < 1.29 is 19.1 Å². The maximum absolute atomic E-state index is 11.8. The SMILES string of the molecule is CCCCCCCCCCCCC=COC(=O)CCCC(=O)OC=CCCCCCCCCCCCC. The van der Waals surface area contributed by atoms with E-state index in [-0.39, 0.29) is 24.8 Å². The molecule has 0 saturated heterocycles.